The molecule has 2 aromatic rings. The predicted molar refractivity (Wildman–Crippen MR) is 121 cm³/mol. The molecule has 0 N–H and O–H groups in total. The van der Waals surface area contributed by atoms with Crippen LogP contribution in [0.15, 0.2) is 40.3 Å². The average molecular weight is 423 g/mol. The standard InChI is InChI=1S/C25H34N4O2/c1-17(2)23-14-20(18(3)13-21(23)16-29(4)12-6-11-26)15-24-27-28-25(31-24)19-7-9-22(30-5)10-8-19/h7-10,13,17,20-21,23H,6,12,14-16H2,1-5H3. The van der Waals surface area contributed by atoms with E-state index >= 15 is 0 Å². The van der Waals surface area contributed by atoms with E-state index in [2.05, 4.69) is 55.1 Å². The van der Waals surface area contributed by atoms with Gasteiger partial charge in [-0.3, -0.25) is 0 Å². The fraction of sp³-hybridized carbons (Fsp3) is 0.560. The molecule has 166 valence electrons. The maximum Gasteiger partial charge on any atom is 0.247 e. The van der Waals surface area contributed by atoms with E-state index in [1.54, 1.807) is 7.11 Å². The largest absolute Gasteiger partial charge is 0.497 e. The Morgan fingerprint density at radius 2 is 2.00 bits per heavy atom. The van der Waals surface area contributed by atoms with Crippen LogP contribution in [0.1, 0.15) is 39.5 Å². The number of aromatic nitrogens is 2. The van der Waals surface area contributed by atoms with Crippen molar-refractivity contribution in [3.8, 4) is 23.3 Å². The van der Waals surface area contributed by atoms with Gasteiger partial charge in [0.15, 0.2) is 0 Å². The number of hydrogen-bond acceptors (Lipinski definition) is 6. The summed E-state index contributed by atoms with van der Waals surface area (Å²) < 4.78 is 11.2. The lowest BCUT2D eigenvalue weighted by Gasteiger charge is -2.38. The van der Waals surface area contributed by atoms with Crippen molar-refractivity contribution in [2.24, 2.45) is 23.7 Å². The summed E-state index contributed by atoms with van der Waals surface area (Å²) in [4.78, 5) is 2.28. The Bertz CT molecular complexity index is 910. The van der Waals surface area contributed by atoms with E-state index in [-0.39, 0.29) is 0 Å². The minimum absolute atomic E-state index is 0.414. The monoisotopic (exact) mass is 422 g/mol. The van der Waals surface area contributed by atoms with E-state index in [1.165, 1.54) is 5.57 Å². The van der Waals surface area contributed by atoms with Gasteiger partial charge in [-0.05, 0) is 68.3 Å². The molecule has 0 radical (unpaired) electrons. The van der Waals surface area contributed by atoms with E-state index in [9.17, 15) is 0 Å². The smallest absolute Gasteiger partial charge is 0.247 e. The molecule has 0 amide bonds. The van der Waals surface area contributed by atoms with Crippen molar-refractivity contribution < 1.29 is 9.15 Å². The van der Waals surface area contributed by atoms with Crippen LogP contribution >= 0.6 is 0 Å². The topological polar surface area (TPSA) is 75.2 Å². The van der Waals surface area contributed by atoms with E-state index in [4.69, 9.17) is 14.4 Å². The first-order valence-electron chi connectivity index (χ1n) is 11.1. The highest BCUT2D eigenvalue weighted by molar-refractivity contribution is 5.53. The van der Waals surface area contributed by atoms with Gasteiger partial charge in [-0.25, -0.2) is 0 Å². The molecule has 1 heterocycles. The Labute approximate surface area is 185 Å². The van der Waals surface area contributed by atoms with Crippen LogP contribution in [-0.4, -0.2) is 42.3 Å². The van der Waals surface area contributed by atoms with E-state index in [1.807, 2.05) is 24.3 Å². The number of allylic oxidation sites excluding steroid dienone is 1. The highest BCUT2D eigenvalue weighted by Gasteiger charge is 2.33. The zero-order valence-corrected chi connectivity index (χ0v) is 19.3. The zero-order valence-electron chi connectivity index (χ0n) is 19.3. The first-order chi connectivity index (χ1) is 14.9. The summed E-state index contributed by atoms with van der Waals surface area (Å²) in [5.74, 6) is 4.16. The molecule has 3 rings (SSSR count). The molecule has 0 aliphatic heterocycles. The first kappa shape index (κ1) is 23.0. The van der Waals surface area contributed by atoms with Crippen LogP contribution in [0.25, 0.3) is 11.5 Å². The highest BCUT2D eigenvalue weighted by atomic mass is 16.5. The van der Waals surface area contributed by atoms with Gasteiger partial charge >= 0.3 is 0 Å². The first-order valence-corrected chi connectivity index (χ1v) is 11.1. The second kappa shape index (κ2) is 10.6. The summed E-state index contributed by atoms with van der Waals surface area (Å²) in [7, 11) is 3.77. The summed E-state index contributed by atoms with van der Waals surface area (Å²) in [6.07, 6.45) is 4.92. The molecule has 1 aliphatic rings. The quantitative estimate of drug-likeness (QED) is 0.530. The number of nitrogens with zero attached hydrogens (tertiary/aromatic N) is 4. The van der Waals surface area contributed by atoms with Gasteiger partial charge in [0.1, 0.15) is 5.75 Å². The normalized spacial score (nSPS) is 21.2. The molecule has 1 aliphatic carbocycles. The van der Waals surface area contributed by atoms with Crippen LogP contribution in [0.4, 0.5) is 0 Å². The van der Waals surface area contributed by atoms with Crippen LogP contribution < -0.4 is 4.74 Å². The molecular weight excluding hydrogens is 388 g/mol. The third-order valence-electron chi connectivity index (χ3n) is 6.44. The maximum atomic E-state index is 8.86. The lowest BCUT2D eigenvalue weighted by Crippen LogP contribution is -2.36. The molecule has 6 nitrogen and oxygen atoms in total. The molecular formula is C25H34N4O2. The minimum Gasteiger partial charge on any atom is -0.497 e. The number of methoxy groups -OCH3 is 1. The molecule has 0 saturated carbocycles. The van der Waals surface area contributed by atoms with E-state index in [0.717, 1.165) is 37.2 Å². The van der Waals surface area contributed by atoms with Gasteiger partial charge in [0.2, 0.25) is 11.8 Å². The van der Waals surface area contributed by atoms with Crippen LogP contribution in [-0.2, 0) is 6.42 Å². The summed E-state index contributed by atoms with van der Waals surface area (Å²) in [6.45, 7) is 8.67. The van der Waals surface area contributed by atoms with Crippen molar-refractivity contribution in [2.75, 3.05) is 27.2 Å². The summed E-state index contributed by atoms with van der Waals surface area (Å²) >= 11 is 0. The summed E-state index contributed by atoms with van der Waals surface area (Å²) in [6, 6.07) is 9.91. The Balaban J connectivity index is 1.69. The number of hydrogen-bond donors (Lipinski definition) is 0. The van der Waals surface area contributed by atoms with E-state index in [0.29, 0.717) is 41.9 Å². The van der Waals surface area contributed by atoms with Crippen molar-refractivity contribution in [3.05, 3.63) is 41.8 Å². The number of nitriles is 1. The lowest BCUT2D eigenvalue weighted by atomic mass is 9.69. The zero-order chi connectivity index (χ0) is 22.4. The van der Waals surface area contributed by atoms with Crippen molar-refractivity contribution in [1.29, 1.82) is 5.26 Å². The molecule has 1 aromatic heterocycles. The molecule has 1 aromatic carbocycles. The van der Waals surface area contributed by atoms with Gasteiger partial charge in [0.05, 0.1) is 13.2 Å². The maximum absolute atomic E-state index is 8.86. The Morgan fingerprint density at radius 1 is 1.26 bits per heavy atom. The molecule has 0 fully saturated rings. The molecule has 0 bridgehead atoms. The van der Waals surface area contributed by atoms with Crippen LogP contribution in [0.3, 0.4) is 0 Å². The summed E-state index contributed by atoms with van der Waals surface area (Å²) in [5.41, 5.74) is 2.30. The van der Waals surface area contributed by atoms with Gasteiger partial charge < -0.3 is 14.1 Å². The van der Waals surface area contributed by atoms with Gasteiger partial charge in [0.25, 0.3) is 0 Å². The van der Waals surface area contributed by atoms with Crippen molar-refractivity contribution in [2.45, 2.75) is 40.0 Å². The second-order valence-electron chi connectivity index (χ2n) is 9.02. The van der Waals surface area contributed by atoms with Crippen molar-refractivity contribution in [3.63, 3.8) is 0 Å². The Hall–Kier alpha value is -2.65. The SMILES string of the molecule is COc1ccc(-c2nnc(CC3CC(C(C)C)C(CN(C)CCC#N)C=C3C)o2)cc1. The third-order valence-corrected chi connectivity index (χ3v) is 6.44. The summed E-state index contributed by atoms with van der Waals surface area (Å²) in [5, 5.41) is 17.4. The van der Waals surface area contributed by atoms with Crippen molar-refractivity contribution >= 4 is 0 Å². The molecule has 3 atom stereocenters. The molecule has 3 unspecified atom stereocenters. The molecule has 0 saturated heterocycles. The third kappa shape index (κ3) is 5.95. The molecule has 6 heteroatoms. The van der Waals surface area contributed by atoms with Gasteiger partial charge in [0, 0.05) is 31.5 Å². The fourth-order valence-corrected chi connectivity index (χ4v) is 4.57. The second-order valence-corrected chi connectivity index (χ2v) is 9.02. The molecule has 31 heavy (non-hydrogen) atoms. The number of ether oxygens (including phenoxy) is 1. The number of benzene rings is 1. The Morgan fingerprint density at radius 3 is 2.65 bits per heavy atom. The van der Waals surface area contributed by atoms with Crippen LogP contribution in [0.2, 0.25) is 0 Å². The fourth-order valence-electron chi connectivity index (χ4n) is 4.57. The Kier molecular flexibility index (Phi) is 7.86. The van der Waals surface area contributed by atoms with Crippen LogP contribution in [0.5, 0.6) is 5.75 Å². The van der Waals surface area contributed by atoms with Crippen molar-refractivity contribution in [1.82, 2.24) is 15.1 Å². The highest BCUT2D eigenvalue weighted by Crippen LogP contribution is 2.39. The average Bonchev–Trinajstić information content (AvgIpc) is 3.22. The molecule has 0 spiro atoms. The predicted octanol–water partition coefficient (Wildman–Crippen LogP) is 4.99. The van der Waals surface area contributed by atoms with Gasteiger partial charge in [-0.15, -0.1) is 10.2 Å². The number of rotatable bonds is 9. The van der Waals surface area contributed by atoms with Gasteiger partial charge in [-0.1, -0.05) is 25.5 Å². The van der Waals surface area contributed by atoms with Crippen LogP contribution in [0, 0.1) is 35.0 Å². The van der Waals surface area contributed by atoms with Gasteiger partial charge in [-0.2, -0.15) is 5.26 Å². The minimum atomic E-state index is 0.414. The lowest BCUT2D eigenvalue weighted by molar-refractivity contribution is 0.177. The van der Waals surface area contributed by atoms with E-state index < -0.39 is 0 Å².